The van der Waals surface area contributed by atoms with Crippen molar-refractivity contribution in [2.45, 2.75) is 46.3 Å². The van der Waals surface area contributed by atoms with E-state index in [4.69, 9.17) is 4.74 Å². The van der Waals surface area contributed by atoms with E-state index in [1.807, 2.05) is 13.0 Å². The Morgan fingerprint density at radius 1 is 1.35 bits per heavy atom. The molecule has 0 spiro atoms. The van der Waals surface area contributed by atoms with Crippen molar-refractivity contribution in [1.29, 1.82) is 0 Å². The van der Waals surface area contributed by atoms with Gasteiger partial charge in [0, 0.05) is 12.6 Å². The molecule has 2 unspecified atom stereocenters. The van der Waals surface area contributed by atoms with Gasteiger partial charge in [0.2, 0.25) is 0 Å². The van der Waals surface area contributed by atoms with E-state index in [0.29, 0.717) is 6.54 Å². The molecule has 0 aromatic heterocycles. The fraction of sp³-hybridized carbons (Fsp3) is 0.625. The van der Waals surface area contributed by atoms with Gasteiger partial charge in [-0.3, -0.25) is 0 Å². The van der Waals surface area contributed by atoms with Crippen LogP contribution in [0.3, 0.4) is 0 Å². The first kappa shape index (κ1) is 16.9. The number of rotatable bonds is 6. The predicted molar refractivity (Wildman–Crippen MR) is 79.4 cm³/mol. The number of nitrogens with one attached hydrogen (secondary N) is 1. The highest BCUT2D eigenvalue weighted by Crippen LogP contribution is 2.23. The summed E-state index contributed by atoms with van der Waals surface area (Å²) in [5, 5.41) is 13.2. The van der Waals surface area contributed by atoms with E-state index >= 15 is 0 Å². The summed E-state index contributed by atoms with van der Waals surface area (Å²) >= 11 is 0. The van der Waals surface area contributed by atoms with Gasteiger partial charge < -0.3 is 15.2 Å². The largest absolute Gasteiger partial charge is 0.494 e. The summed E-state index contributed by atoms with van der Waals surface area (Å²) in [6.45, 7) is 8.73. The Bertz CT molecular complexity index is 429. The number of aliphatic hydroxyl groups is 1. The van der Waals surface area contributed by atoms with Gasteiger partial charge in [0.15, 0.2) is 11.6 Å². The van der Waals surface area contributed by atoms with Crippen LogP contribution in [0.1, 0.15) is 45.7 Å². The van der Waals surface area contributed by atoms with Crippen molar-refractivity contribution < 1.29 is 14.2 Å². The molecule has 2 atom stereocenters. The minimum Gasteiger partial charge on any atom is -0.494 e. The lowest BCUT2D eigenvalue weighted by atomic mass is 9.89. The Hall–Kier alpha value is -1.13. The van der Waals surface area contributed by atoms with Crippen molar-refractivity contribution >= 4 is 0 Å². The molecule has 2 N–H and O–H groups in total. The molecule has 114 valence electrons. The molecule has 0 bridgehead atoms. The van der Waals surface area contributed by atoms with Gasteiger partial charge in [-0.05, 0) is 36.5 Å². The smallest absolute Gasteiger partial charge is 0.165 e. The van der Waals surface area contributed by atoms with Crippen LogP contribution in [0, 0.1) is 11.2 Å². The van der Waals surface area contributed by atoms with Gasteiger partial charge in [0.05, 0.1) is 13.2 Å². The zero-order chi connectivity index (χ0) is 15.3. The number of methoxy groups -OCH3 is 1. The van der Waals surface area contributed by atoms with Gasteiger partial charge >= 0.3 is 0 Å². The molecular weight excluding hydrogens is 257 g/mol. The lowest BCUT2D eigenvalue weighted by Gasteiger charge is -2.24. The van der Waals surface area contributed by atoms with Gasteiger partial charge in [-0.1, -0.05) is 26.8 Å². The second-order valence-corrected chi connectivity index (χ2v) is 6.44. The van der Waals surface area contributed by atoms with Crippen LogP contribution in [0.5, 0.6) is 5.75 Å². The van der Waals surface area contributed by atoms with Crippen LogP contribution in [0.15, 0.2) is 18.2 Å². The maximum Gasteiger partial charge on any atom is 0.165 e. The Balaban J connectivity index is 2.54. The van der Waals surface area contributed by atoms with E-state index in [1.54, 1.807) is 6.07 Å². The first-order valence-corrected chi connectivity index (χ1v) is 6.98. The molecule has 0 aliphatic heterocycles. The number of aliphatic hydroxyl groups excluding tert-OH is 1. The van der Waals surface area contributed by atoms with E-state index in [9.17, 15) is 9.50 Å². The van der Waals surface area contributed by atoms with E-state index in [-0.39, 0.29) is 23.0 Å². The normalized spacial score (nSPS) is 14.9. The van der Waals surface area contributed by atoms with Crippen LogP contribution >= 0.6 is 0 Å². The van der Waals surface area contributed by atoms with Gasteiger partial charge in [0.1, 0.15) is 0 Å². The van der Waals surface area contributed by atoms with Crippen molar-refractivity contribution in [2.24, 2.45) is 5.41 Å². The molecule has 0 heterocycles. The molecule has 0 amide bonds. The summed E-state index contributed by atoms with van der Waals surface area (Å²) in [6, 6.07) is 4.89. The van der Waals surface area contributed by atoms with Crippen molar-refractivity contribution in [1.82, 2.24) is 5.32 Å². The zero-order valence-electron chi connectivity index (χ0n) is 13.0. The van der Waals surface area contributed by atoms with E-state index < -0.39 is 6.10 Å². The second kappa shape index (κ2) is 7.04. The molecule has 1 rings (SSSR count). The zero-order valence-corrected chi connectivity index (χ0v) is 13.0. The van der Waals surface area contributed by atoms with Gasteiger partial charge in [0.25, 0.3) is 0 Å². The van der Waals surface area contributed by atoms with Crippen molar-refractivity contribution in [3.63, 3.8) is 0 Å². The van der Waals surface area contributed by atoms with Gasteiger partial charge in [-0.25, -0.2) is 4.39 Å². The average molecular weight is 283 g/mol. The molecular formula is C16H26FNO2. The highest BCUT2D eigenvalue weighted by molar-refractivity contribution is 5.30. The van der Waals surface area contributed by atoms with E-state index in [1.165, 1.54) is 13.2 Å². The van der Waals surface area contributed by atoms with Crippen LogP contribution in [-0.2, 0) is 0 Å². The van der Waals surface area contributed by atoms with Crippen LogP contribution in [0.25, 0.3) is 0 Å². The van der Waals surface area contributed by atoms with Crippen LogP contribution in [0.2, 0.25) is 0 Å². The monoisotopic (exact) mass is 283 g/mol. The minimum atomic E-state index is -0.402. The number of halogens is 1. The fourth-order valence-electron chi connectivity index (χ4n) is 2.16. The molecule has 1 aromatic rings. The Morgan fingerprint density at radius 2 is 2.00 bits per heavy atom. The van der Waals surface area contributed by atoms with Crippen LogP contribution in [-0.4, -0.2) is 24.9 Å². The summed E-state index contributed by atoms with van der Waals surface area (Å²) < 4.78 is 18.5. The first-order chi connectivity index (χ1) is 9.23. The fourth-order valence-corrected chi connectivity index (χ4v) is 2.16. The topological polar surface area (TPSA) is 41.5 Å². The summed E-state index contributed by atoms with van der Waals surface area (Å²) in [5.41, 5.74) is 0.933. The Labute approximate surface area is 121 Å². The molecule has 0 aliphatic rings. The number of ether oxygens (including phenoxy) is 1. The highest BCUT2D eigenvalue weighted by atomic mass is 19.1. The molecule has 20 heavy (non-hydrogen) atoms. The summed E-state index contributed by atoms with van der Waals surface area (Å²) in [4.78, 5) is 0. The standard InChI is InChI=1S/C16H26FNO2/c1-11(18-10-13(19)9-16(2,3)4)12-6-7-15(20-5)14(17)8-12/h6-8,11,13,18-19H,9-10H2,1-5H3. The predicted octanol–water partition coefficient (Wildman–Crippen LogP) is 3.28. The maximum absolute atomic E-state index is 13.6. The van der Waals surface area contributed by atoms with Crippen LogP contribution < -0.4 is 10.1 Å². The highest BCUT2D eigenvalue weighted by Gasteiger charge is 2.17. The molecule has 0 radical (unpaired) electrons. The lowest BCUT2D eigenvalue weighted by molar-refractivity contribution is 0.117. The summed E-state index contributed by atoms with van der Waals surface area (Å²) in [5.74, 6) is -0.123. The van der Waals surface area contributed by atoms with E-state index in [2.05, 4.69) is 26.1 Å². The minimum absolute atomic E-state index is 0.0231. The molecule has 0 saturated heterocycles. The molecule has 4 heteroatoms. The quantitative estimate of drug-likeness (QED) is 0.842. The first-order valence-electron chi connectivity index (χ1n) is 6.98. The summed E-state index contributed by atoms with van der Waals surface area (Å²) in [7, 11) is 1.45. The summed E-state index contributed by atoms with van der Waals surface area (Å²) in [6.07, 6.45) is 0.324. The second-order valence-electron chi connectivity index (χ2n) is 6.44. The number of benzene rings is 1. The van der Waals surface area contributed by atoms with Gasteiger partial charge in [-0.15, -0.1) is 0 Å². The third-order valence-corrected chi connectivity index (χ3v) is 3.18. The van der Waals surface area contributed by atoms with Crippen molar-refractivity contribution in [3.05, 3.63) is 29.6 Å². The van der Waals surface area contributed by atoms with Crippen LogP contribution in [0.4, 0.5) is 4.39 Å². The number of hydrogen-bond acceptors (Lipinski definition) is 3. The number of hydrogen-bond donors (Lipinski definition) is 2. The van der Waals surface area contributed by atoms with Crippen molar-refractivity contribution in [2.75, 3.05) is 13.7 Å². The molecule has 0 fully saturated rings. The third kappa shape index (κ3) is 5.47. The molecule has 1 aromatic carbocycles. The molecule has 0 aliphatic carbocycles. The van der Waals surface area contributed by atoms with Gasteiger partial charge in [-0.2, -0.15) is 0 Å². The third-order valence-electron chi connectivity index (χ3n) is 3.18. The maximum atomic E-state index is 13.6. The molecule has 0 saturated carbocycles. The molecule has 3 nitrogen and oxygen atoms in total. The van der Waals surface area contributed by atoms with E-state index in [0.717, 1.165) is 12.0 Å². The Morgan fingerprint density at radius 3 is 2.50 bits per heavy atom. The lowest BCUT2D eigenvalue weighted by Crippen LogP contribution is -2.31. The van der Waals surface area contributed by atoms with Crippen molar-refractivity contribution in [3.8, 4) is 5.75 Å². The Kier molecular flexibility index (Phi) is 5.96. The average Bonchev–Trinajstić information content (AvgIpc) is 2.33. The SMILES string of the molecule is COc1ccc(C(C)NCC(O)CC(C)(C)C)cc1F.